The van der Waals surface area contributed by atoms with Gasteiger partial charge in [0.05, 0.1) is 19.2 Å². The summed E-state index contributed by atoms with van der Waals surface area (Å²) in [5.41, 5.74) is 7.07. The number of thiazole rings is 1. The van der Waals surface area contributed by atoms with Crippen LogP contribution in [0.2, 0.25) is 9.36 Å². The van der Waals surface area contributed by atoms with Crippen LogP contribution in [-0.2, 0) is 21.4 Å². The number of rotatable bonds is 4. The smallest absolute Gasteiger partial charge is 0.233 e. The van der Waals surface area contributed by atoms with Crippen molar-refractivity contribution in [2.45, 2.75) is 18.3 Å². The number of primary amides is 1. The van der Waals surface area contributed by atoms with Gasteiger partial charge in [0.25, 0.3) is 0 Å². The molecule has 1 aromatic heterocycles. The Morgan fingerprint density at radius 3 is 2.81 bits per heavy atom. The number of fused-ring (bicyclic) bond motifs is 2. The molecule has 0 aliphatic carbocycles. The van der Waals surface area contributed by atoms with Gasteiger partial charge in [0.15, 0.2) is 0 Å². The SMILES string of the molecule is NC(=O)CN1CCC2(C1)CN(C(=O)Cc1ncc(Cl)s1)c1ccc(Cl)cc12. The van der Waals surface area contributed by atoms with Gasteiger partial charge in [0.2, 0.25) is 11.8 Å². The Morgan fingerprint density at radius 2 is 2.11 bits per heavy atom. The zero-order chi connectivity index (χ0) is 19.2. The van der Waals surface area contributed by atoms with Crippen LogP contribution in [0.5, 0.6) is 0 Å². The quantitative estimate of drug-likeness (QED) is 0.817. The largest absolute Gasteiger partial charge is 0.369 e. The molecule has 2 aromatic rings. The van der Waals surface area contributed by atoms with Crippen LogP contribution >= 0.6 is 34.5 Å². The maximum absolute atomic E-state index is 13.0. The third-order valence-electron chi connectivity index (χ3n) is 5.22. The maximum atomic E-state index is 13.0. The Hall–Kier alpha value is -1.67. The lowest BCUT2D eigenvalue weighted by Crippen LogP contribution is -2.40. The highest BCUT2D eigenvalue weighted by Gasteiger charge is 2.48. The number of nitrogens with zero attached hydrogens (tertiary/aromatic N) is 3. The second-order valence-electron chi connectivity index (χ2n) is 7.08. The van der Waals surface area contributed by atoms with E-state index in [4.69, 9.17) is 28.9 Å². The molecule has 2 aliphatic rings. The molecule has 1 fully saturated rings. The van der Waals surface area contributed by atoms with Gasteiger partial charge in [-0.2, -0.15) is 0 Å². The predicted molar refractivity (Wildman–Crippen MR) is 107 cm³/mol. The first kappa shape index (κ1) is 18.7. The minimum atomic E-state index is -0.343. The zero-order valence-corrected chi connectivity index (χ0v) is 16.8. The summed E-state index contributed by atoms with van der Waals surface area (Å²) in [6.45, 7) is 2.23. The summed E-state index contributed by atoms with van der Waals surface area (Å²) >= 11 is 13.5. The average molecular weight is 425 g/mol. The third-order valence-corrected chi connectivity index (χ3v) is 6.57. The van der Waals surface area contributed by atoms with Crippen LogP contribution < -0.4 is 10.6 Å². The van der Waals surface area contributed by atoms with E-state index in [1.165, 1.54) is 11.3 Å². The average Bonchev–Trinajstić information content (AvgIpc) is 3.27. The molecule has 0 saturated carbocycles. The van der Waals surface area contributed by atoms with Crippen LogP contribution in [0.25, 0.3) is 0 Å². The number of benzene rings is 1. The summed E-state index contributed by atoms with van der Waals surface area (Å²) in [5.74, 6) is -0.361. The summed E-state index contributed by atoms with van der Waals surface area (Å²) in [6, 6.07) is 5.64. The van der Waals surface area contributed by atoms with Crippen LogP contribution in [0, 0.1) is 0 Å². The highest BCUT2D eigenvalue weighted by molar-refractivity contribution is 7.15. The minimum Gasteiger partial charge on any atom is -0.369 e. The lowest BCUT2D eigenvalue weighted by atomic mass is 9.81. The predicted octanol–water partition coefficient (Wildman–Crippen LogP) is 2.47. The van der Waals surface area contributed by atoms with E-state index in [2.05, 4.69) is 4.98 Å². The van der Waals surface area contributed by atoms with Crippen molar-refractivity contribution in [3.05, 3.63) is 44.3 Å². The molecule has 1 atom stereocenters. The molecule has 3 heterocycles. The standard InChI is InChI=1S/C18H18Cl2N4O2S/c19-11-1-2-13-12(5-11)18(3-4-23(9-18)8-15(21)25)10-24(13)17(26)6-16-22-7-14(20)27-16/h1-2,5,7H,3-4,6,8-10H2,(H2,21,25). The number of nitrogens with two attached hydrogens (primary N) is 1. The van der Waals surface area contributed by atoms with E-state index in [-0.39, 0.29) is 30.2 Å². The van der Waals surface area contributed by atoms with Crippen molar-refractivity contribution in [2.24, 2.45) is 5.73 Å². The fraction of sp³-hybridized carbons (Fsp3) is 0.389. The van der Waals surface area contributed by atoms with Crippen molar-refractivity contribution in [2.75, 3.05) is 31.1 Å². The van der Waals surface area contributed by atoms with Gasteiger partial charge in [-0.15, -0.1) is 11.3 Å². The fourth-order valence-electron chi connectivity index (χ4n) is 4.12. The van der Waals surface area contributed by atoms with E-state index in [0.29, 0.717) is 27.5 Å². The number of hydrogen-bond acceptors (Lipinski definition) is 5. The van der Waals surface area contributed by atoms with Crippen molar-refractivity contribution in [1.82, 2.24) is 9.88 Å². The molecule has 2 aliphatic heterocycles. The van der Waals surface area contributed by atoms with E-state index >= 15 is 0 Å². The molecule has 1 spiro atoms. The first-order valence-corrected chi connectivity index (χ1v) is 10.1. The molecule has 2 amide bonds. The highest BCUT2D eigenvalue weighted by atomic mass is 35.5. The molecular weight excluding hydrogens is 407 g/mol. The molecule has 6 nitrogen and oxygen atoms in total. The van der Waals surface area contributed by atoms with Gasteiger partial charge >= 0.3 is 0 Å². The number of likely N-dealkylation sites (tertiary alicyclic amines) is 1. The molecule has 0 radical (unpaired) electrons. The molecule has 1 saturated heterocycles. The molecular formula is C18H18Cl2N4O2S. The summed E-state index contributed by atoms with van der Waals surface area (Å²) in [4.78, 5) is 32.4. The molecule has 1 unspecified atom stereocenters. The van der Waals surface area contributed by atoms with Crippen molar-refractivity contribution >= 4 is 52.0 Å². The number of anilines is 1. The first-order chi connectivity index (χ1) is 12.9. The van der Waals surface area contributed by atoms with Crippen molar-refractivity contribution in [1.29, 1.82) is 0 Å². The van der Waals surface area contributed by atoms with Crippen LogP contribution in [0.4, 0.5) is 5.69 Å². The first-order valence-electron chi connectivity index (χ1n) is 8.58. The molecule has 9 heteroatoms. The van der Waals surface area contributed by atoms with E-state index in [1.807, 2.05) is 21.9 Å². The van der Waals surface area contributed by atoms with Crippen LogP contribution in [-0.4, -0.2) is 47.9 Å². The van der Waals surface area contributed by atoms with Crippen molar-refractivity contribution in [3.8, 4) is 0 Å². The number of aromatic nitrogens is 1. The number of amides is 2. The Kier molecular flexibility index (Phi) is 4.88. The number of hydrogen-bond donors (Lipinski definition) is 1. The zero-order valence-electron chi connectivity index (χ0n) is 14.5. The lowest BCUT2D eigenvalue weighted by molar-refractivity contribution is -0.119. The van der Waals surface area contributed by atoms with E-state index in [1.54, 1.807) is 12.3 Å². The second kappa shape index (κ2) is 7.05. The van der Waals surface area contributed by atoms with E-state index < -0.39 is 0 Å². The molecule has 2 N–H and O–H groups in total. The summed E-state index contributed by atoms with van der Waals surface area (Å²) < 4.78 is 0.570. The normalized spacial score (nSPS) is 21.8. The third kappa shape index (κ3) is 3.57. The Balaban J connectivity index is 1.62. The Bertz CT molecular complexity index is 919. The van der Waals surface area contributed by atoms with E-state index in [9.17, 15) is 9.59 Å². The second-order valence-corrected chi connectivity index (χ2v) is 9.27. The minimum absolute atomic E-state index is 0.0187. The fourth-order valence-corrected chi connectivity index (χ4v) is 5.24. The molecule has 4 rings (SSSR count). The van der Waals surface area contributed by atoms with Gasteiger partial charge in [-0.3, -0.25) is 14.5 Å². The summed E-state index contributed by atoms with van der Waals surface area (Å²) in [7, 11) is 0. The molecule has 1 aromatic carbocycles. The van der Waals surface area contributed by atoms with Crippen LogP contribution in [0.1, 0.15) is 17.0 Å². The molecule has 27 heavy (non-hydrogen) atoms. The van der Waals surface area contributed by atoms with Crippen molar-refractivity contribution in [3.63, 3.8) is 0 Å². The lowest BCUT2D eigenvalue weighted by Gasteiger charge is -2.25. The number of halogens is 2. The van der Waals surface area contributed by atoms with Gasteiger partial charge in [0, 0.05) is 29.2 Å². The Morgan fingerprint density at radius 1 is 1.30 bits per heavy atom. The maximum Gasteiger partial charge on any atom is 0.233 e. The summed E-state index contributed by atoms with van der Waals surface area (Å²) in [6.07, 6.45) is 2.62. The van der Waals surface area contributed by atoms with Crippen LogP contribution in [0.15, 0.2) is 24.4 Å². The van der Waals surface area contributed by atoms with Gasteiger partial charge in [-0.25, -0.2) is 4.98 Å². The monoisotopic (exact) mass is 424 g/mol. The van der Waals surface area contributed by atoms with Gasteiger partial charge in [0.1, 0.15) is 9.34 Å². The van der Waals surface area contributed by atoms with E-state index in [0.717, 1.165) is 24.2 Å². The van der Waals surface area contributed by atoms with Gasteiger partial charge in [-0.1, -0.05) is 23.2 Å². The Labute approximate surface area is 170 Å². The van der Waals surface area contributed by atoms with Gasteiger partial charge in [-0.05, 0) is 36.7 Å². The number of carbonyl (C=O) groups excluding carboxylic acids is 2. The van der Waals surface area contributed by atoms with Gasteiger partial charge < -0.3 is 10.6 Å². The summed E-state index contributed by atoms with van der Waals surface area (Å²) in [5, 5.41) is 1.34. The topological polar surface area (TPSA) is 79.5 Å². The van der Waals surface area contributed by atoms with Crippen LogP contribution in [0.3, 0.4) is 0 Å². The van der Waals surface area contributed by atoms with Crippen molar-refractivity contribution < 1.29 is 9.59 Å². The molecule has 0 bridgehead atoms. The molecule has 142 valence electrons. The highest BCUT2D eigenvalue weighted by Crippen LogP contribution is 2.47. The number of carbonyl (C=O) groups is 2.